The SMILES string of the molecule is CN(C)C(=O)C1CCCN(CC2(CO)COC2)C1. The van der Waals surface area contributed by atoms with Gasteiger partial charge in [-0.3, -0.25) is 4.79 Å². The van der Waals surface area contributed by atoms with Gasteiger partial charge in [-0.05, 0) is 19.4 Å². The molecule has 0 aromatic rings. The average Bonchev–Trinajstić information content (AvgIpc) is 2.33. The molecule has 0 aromatic heterocycles. The Morgan fingerprint density at radius 3 is 2.72 bits per heavy atom. The summed E-state index contributed by atoms with van der Waals surface area (Å²) in [6, 6.07) is 0. The molecule has 1 amide bonds. The third-order valence-electron chi connectivity index (χ3n) is 4.01. The predicted octanol–water partition coefficient (Wildman–Crippen LogP) is -0.204. The maximum Gasteiger partial charge on any atom is 0.226 e. The minimum Gasteiger partial charge on any atom is -0.396 e. The van der Waals surface area contributed by atoms with Gasteiger partial charge in [0, 0.05) is 27.2 Å². The number of piperidine rings is 1. The third-order valence-corrected chi connectivity index (χ3v) is 4.01. The molecule has 2 aliphatic heterocycles. The lowest BCUT2D eigenvalue weighted by Crippen LogP contribution is -2.55. The molecule has 0 radical (unpaired) electrons. The van der Waals surface area contributed by atoms with Crippen LogP contribution in [0.2, 0.25) is 0 Å². The van der Waals surface area contributed by atoms with Gasteiger partial charge in [0.1, 0.15) is 0 Å². The van der Waals surface area contributed by atoms with Crippen molar-refractivity contribution >= 4 is 5.91 Å². The molecule has 2 aliphatic rings. The molecule has 0 saturated carbocycles. The molecular formula is C13H24N2O3. The minimum absolute atomic E-state index is 0.0803. The standard InChI is InChI=1S/C13H24N2O3/c1-14(2)12(17)11-4-3-5-15(6-11)7-13(8-16)9-18-10-13/h11,16H,3-10H2,1-2H3. The first-order chi connectivity index (χ1) is 8.56. The van der Waals surface area contributed by atoms with Gasteiger partial charge in [-0.15, -0.1) is 0 Å². The Morgan fingerprint density at radius 1 is 1.50 bits per heavy atom. The van der Waals surface area contributed by atoms with Gasteiger partial charge in [-0.1, -0.05) is 0 Å². The van der Waals surface area contributed by atoms with Crippen LogP contribution >= 0.6 is 0 Å². The molecule has 0 bridgehead atoms. The van der Waals surface area contributed by atoms with E-state index in [0.29, 0.717) is 13.2 Å². The number of likely N-dealkylation sites (tertiary alicyclic amines) is 1. The van der Waals surface area contributed by atoms with Gasteiger partial charge in [0.25, 0.3) is 0 Å². The quantitative estimate of drug-likeness (QED) is 0.756. The van der Waals surface area contributed by atoms with Gasteiger partial charge in [0.05, 0.1) is 31.2 Å². The summed E-state index contributed by atoms with van der Waals surface area (Å²) in [5.41, 5.74) is -0.0803. The maximum absolute atomic E-state index is 12.0. The molecule has 2 heterocycles. The number of nitrogens with zero attached hydrogens (tertiary/aromatic N) is 2. The number of aliphatic hydroxyl groups is 1. The summed E-state index contributed by atoms with van der Waals surface area (Å²) in [4.78, 5) is 16.0. The van der Waals surface area contributed by atoms with E-state index in [1.165, 1.54) is 0 Å². The van der Waals surface area contributed by atoms with Crippen LogP contribution in [0.25, 0.3) is 0 Å². The molecule has 2 saturated heterocycles. The fraction of sp³-hybridized carbons (Fsp3) is 0.923. The smallest absolute Gasteiger partial charge is 0.226 e. The third kappa shape index (κ3) is 2.84. The zero-order valence-corrected chi connectivity index (χ0v) is 11.4. The first-order valence-corrected chi connectivity index (χ1v) is 6.68. The number of hydrogen-bond acceptors (Lipinski definition) is 4. The first-order valence-electron chi connectivity index (χ1n) is 6.68. The summed E-state index contributed by atoms with van der Waals surface area (Å²) in [6.07, 6.45) is 2.04. The van der Waals surface area contributed by atoms with Crippen molar-refractivity contribution in [1.29, 1.82) is 0 Å². The Balaban J connectivity index is 1.88. The largest absolute Gasteiger partial charge is 0.396 e. The Labute approximate surface area is 109 Å². The van der Waals surface area contributed by atoms with Crippen LogP contribution in [0.1, 0.15) is 12.8 Å². The Morgan fingerprint density at radius 2 is 2.22 bits per heavy atom. The molecule has 0 aliphatic carbocycles. The number of hydrogen-bond donors (Lipinski definition) is 1. The molecule has 0 aromatic carbocycles. The Bertz CT molecular complexity index is 297. The van der Waals surface area contributed by atoms with Gasteiger partial charge in [0.2, 0.25) is 5.91 Å². The lowest BCUT2D eigenvalue weighted by atomic mass is 9.85. The van der Waals surface area contributed by atoms with Crippen molar-refractivity contribution in [2.45, 2.75) is 12.8 Å². The topological polar surface area (TPSA) is 53.0 Å². The molecule has 0 spiro atoms. The Hall–Kier alpha value is -0.650. The number of amides is 1. The molecule has 1 N–H and O–H groups in total. The van der Waals surface area contributed by atoms with Crippen LogP contribution in [0.15, 0.2) is 0 Å². The van der Waals surface area contributed by atoms with Crippen molar-refractivity contribution in [3.8, 4) is 0 Å². The first kappa shape index (κ1) is 13.8. The molecule has 5 heteroatoms. The summed E-state index contributed by atoms with van der Waals surface area (Å²) in [5.74, 6) is 0.341. The number of carbonyl (C=O) groups is 1. The van der Waals surface area contributed by atoms with E-state index in [1.54, 1.807) is 4.90 Å². The molecule has 18 heavy (non-hydrogen) atoms. The number of ether oxygens (including phenoxy) is 1. The van der Waals surface area contributed by atoms with Crippen molar-refractivity contribution in [1.82, 2.24) is 9.80 Å². The summed E-state index contributed by atoms with van der Waals surface area (Å²) in [6.45, 7) is 4.16. The van der Waals surface area contributed by atoms with Gasteiger partial charge < -0.3 is 19.6 Å². The number of rotatable bonds is 4. The van der Waals surface area contributed by atoms with Crippen LogP contribution < -0.4 is 0 Å². The van der Waals surface area contributed by atoms with Gasteiger partial charge in [-0.2, -0.15) is 0 Å². The summed E-state index contributed by atoms with van der Waals surface area (Å²) in [5, 5.41) is 9.45. The zero-order valence-electron chi connectivity index (χ0n) is 11.4. The van der Waals surface area contributed by atoms with Crippen LogP contribution in [0.4, 0.5) is 0 Å². The molecular weight excluding hydrogens is 232 g/mol. The summed E-state index contributed by atoms with van der Waals surface area (Å²) >= 11 is 0. The number of aliphatic hydroxyl groups excluding tert-OH is 1. The van der Waals surface area contributed by atoms with Gasteiger partial charge >= 0.3 is 0 Å². The second kappa shape index (κ2) is 5.55. The van der Waals surface area contributed by atoms with Crippen LogP contribution in [-0.2, 0) is 9.53 Å². The zero-order chi connectivity index (χ0) is 13.2. The molecule has 2 rings (SSSR count). The predicted molar refractivity (Wildman–Crippen MR) is 68.2 cm³/mol. The van der Waals surface area contributed by atoms with Crippen LogP contribution in [-0.4, -0.2) is 74.4 Å². The highest BCUT2D eigenvalue weighted by Gasteiger charge is 2.41. The van der Waals surface area contributed by atoms with E-state index in [4.69, 9.17) is 4.74 Å². The molecule has 1 atom stereocenters. The van der Waals surface area contributed by atoms with E-state index in [2.05, 4.69) is 4.90 Å². The van der Waals surface area contributed by atoms with Crippen LogP contribution in [0, 0.1) is 11.3 Å². The van der Waals surface area contributed by atoms with E-state index in [0.717, 1.165) is 32.5 Å². The molecule has 1 unspecified atom stereocenters. The normalized spacial score (nSPS) is 27.6. The monoisotopic (exact) mass is 256 g/mol. The fourth-order valence-corrected chi connectivity index (χ4v) is 2.86. The highest BCUT2D eigenvalue weighted by atomic mass is 16.5. The van der Waals surface area contributed by atoms with Crippen molar-refractivity contribution in [3.05, 3.63) is 0 Å². The van der Waals surface area contributed by atoms with Crippen molar-refractivity contribution in [2.75, 3.05) is 53.6 Å². The van der Waals surface area contributed by atoms with Crippen molar-refractivity contribution in [3.63, 3.8) is 0 Å². The van der Waals surface area contributed by atoms with E-state index in [-0.39, 0.29) is 23.8 Å². The second-order valence-corrected chi connectivity index (χ2v) is 5.96. The maximum atomic E-state index is 12.0. The van der Waals surface area contributed by atoms with Crippen molar-refractivity contribution < 1.29 is 14.6 Å². The molecule has 2 fully saturated rings. The van der Waals surface area contributed by atoms with E-state index < -0.39 is 0 Å². The average molecular weight is 256 g/mol. The van der Waals surface area contributed by atoms with E-state index >= 15 is 0 Å². The highest BCUT2D eigenvalue weighted by molar-refractivity contribution is 5.78. The van der Waals surface area contributed by atoms with E-state index in [1.807, 2.05) is 14.1 Å². The van der Waals surface area contributed by atoms with Crippen molar-refractivity contribution in [2.24, 2.45) is 11.3 Å². The molecule has 5 nitrogen and oxygen atoms in total. The van der Waals surface area contributed by atoms with Crippen LogP contribution in [0.5, 0.6) is 0 Å². The van der Waals surface area contributed by atoms with Gasteiger partial charge in [0.15, 0.2) is 0 Å². The summed E-state index contributed by atoms with van der Waals surface area (Å²) in [7, 11) is 3.63. The second-order valence-electron chi connectivity index (χ2n) is 5.96. The minimum atomic E-state index is -0.0803. The number of carbonyl (C=O) groups excluding carboxylic acids is 1. The van der Waals surface area contributed by atoms with Crippen LogP contribution in [0.3, 0.4) is 0 Å². The Kier molecular flexibility index (Phi) is 4.25. The lowest BCUT2D eigenvalue weighted by molar-refractivity contribution is -0.153. The highest BCUT2D eigenvalue weighted by Crippen LogP contribution is 2.30. The fourth-order valence-electron chi connectivity index (χ4n) is 2.86. The summed E-state index contributed by atoms with van der Waals surface area (Å²) < 4.78 is 5.22. The lowest BCUT2D eigenvalue weighted by Gasteiger charge is -2.45. The molecule has 104 valence electrons. The van der Waals surface area contributed by atoms with Gasteiger partial charge in [-0.25, -0.2) is 0 Å². The van der Waals surface area contributed by atoms with E-state index in [9.17, 15) is 9.90 Å².